The van der Waals surface area contributed by atoms with Gasteiger partial charge in [-0.2, -0.15) is 5.26 Å². The molecule has 23 heavy (non-hydrogen) atoms. The SMILES string of the molecule is Cc1nc(-c2ccc(C#CC(C)(C)C)c(C#N)c2)sc1C(=O)O. The van der Waals surface area contributed by atoms with E-state index in [1.807, 2.05) is 26.8 Å². The van der Waals surface area contributed by atoms with Crippen LogP contribution in [-0.4, -0.2) is 16.1 Å². The molecule has 0 aliphatic carbocycles. The summed E-state index contributed by atoms with van der Waals surface area (Å²) in [7, 11) is 0. The molecule has 5 heteroatoms. The van der Waals surface area contributed by atoms with Crippen LogP contribution in [0.2, 0.25) is 0 Å². The molecule has 0 saturated carbocycles. The van der Waals surface area contributed by atoms with E-state index < -0.39 is 5.97 Å². The topological polar surface area (TPSA) is 74.0 Å². The standard InChI is InChI=1S/C18H16N2O2S/c1-11-15(17(21)22)23-16(20-11)13-6-5-12(14(9-13)10-19)7-8-18(2,3)4/h5-6,9H,1-4H3,(H,21,22). The Morgan fingerprint density at radius 2 is 2.00 bits per heavy atom. The van der Waals surface area contributed by atoms with Gasteiger partial charge >= 0.3 is 5.97 Å². The molecule has 1 aromatic carbocycles. The number of nitriles is 1. The molecule has 0 atom stereocenters. The smallest absolute Gasteiger partial charge is 0.347 e. The second-order valence-corrected chi connectivity index (χ2v) is 7.11. The Labute approximate surface area is 139 Å². The van der Waals surface area contributed by atoms with Crippen LogP contribution in [-0.2, 0) is 0 Å². The molecule has 1 aromatic heterocycles. The minimum Gasteiger partial charge on any atom is -0.477 e. The highest BCUT2D eigenvalue weighted by Gasteiger charge is 2.16. The van der Waals surface area contributed by atoms with E-state index in [4.69, 9.17) is 5.11 Å². The summed E-state index contributed by atoms with van der Waals surface area (Å²) in [5, 5.41) is 19.0. The van der Waals surface area contributed by atoms with E-state index in [2.05, 4.69) is 22.9 Å². The highest BCUT2D eigenvalue weighted by atomic mass is 32.1. The number of carbonyl (C=O) groups is 1. The van der Waals surface area contributed by atoms with E-state index in [1.54, 1.807) is 19.1 Å². The highest BCUT2D eigenvalue weighted by molar-refractivity contribution is 7.17. The third-order valence-corrected chi connectivity index (χ3v) is 4.14. The van der Waals surface area contributed by atoms with Crippen LogP contribution in [0.4, 0.5) is 0 Å². The molecule has 0 fully saturated rings. The molecule has 2 rings (SSSR count). The maximum atomic E-state index is 11.1. The third kappa shape index (κ3) is 3.97. The number of carboxylic acid groups (broad SMARTS) is 1. The van der Waals surface area contributed by atoms with Gasteiger partial charge in [-0.3, -0.25) is 0 Å². The molecule has 116 valence electrons. The quantitative estimate of drug-likeness (QED) is 0.844. The molecule has 2 aromatic rings. The van der Waals surface area contributed by atoms with Gasteiger partial charge in [-0.1, -0.05) is 17.9 Å². The number of rotatable bonds is 2. The van der Waals surface area contributed by atoms with E-state index >= 15 is 0 Å². The first-order chi connectivity index (χ1) is 10.7. The van der Waals surface area contributed by atoms with Crippen molar-refractivity contribution in [3.8, 4) is 28.5 Å². The molecule has 0 amide bonds. The predicted molar refractivity (Wildman–Crippen MR) is 90.3 cm³/mol. The summed E-state index contributed by atoms with van der Waals surface area (Å²) >= 11 is 1.11. The first kappa shape index (κ1) is 16.7. The molecule has 0 spiro atoms. The van der Waals surface area contributed by atoms with Crippen molar-refractivity contribution in [2.24, 2.45) is 5.41 Å². The number of hydrogen-bond donors (Lipinski definition) is 1. The largest absolute Gasteiger partial charge is 0.477 e. The number of thiazole rings is 1. The Hall–Kier alpha value is -2.63. The van der Waals surface area contributed by atoms with Gasteiger partial charge in [0.2, 0.25) is 0 Å². The minimum atomic E-state index is -0.987. The number of aryl methyl sites for hydroxylation is 1. The summed E-state index contributed by atoms with van der Waals surface area (Å²) in [6, 6.07) is 7.45. The van der Waals surface area contributed by atoms with Gasteiger partial charge in [0.05, 0.1) is 11.3 Å². The summed E-state index contributed by atoms with van der Waals surface area (Å²) in [5.41, 5.74) is 2.19. The van der Waals surface area contributed by atoms with E-state index in [9.17, 15) is 10.1 Å². The van der Waals surface area contributed by atoms with E-state index in [0.29, 0.717) is 21.8 Å². The maximum Gasteiger partial charge on any atom is 0.347 e. The molecular weight excluding hydrogens is 308 g/mol. The Balaban J connectivity index is 2.47. The maximum absolute atomic E-state index is 11.1. The Bertz CT molecular complexity index is 871. The van der Waals surface area contributed by atoms with Crippen LogP contribution in [0.1, 0.15) is 47.3 Å². The molecule has 1 N–H and O–H groups in total. The lowest BCUT2D eigenvalue weighted by Gasteiger charge is -2.07. The number of benzene rings is 1. The lowest BCUT2D eigenvalue weighted by molar-refractivity contribution is 0.0701. The van der Waals surface area contributed by atoms with Crippen molar-refractivity contribution in [1.29, 1.82) is 5.26 Å². The fourth-order valence-electron chi connectivity index (χ4n) is 1.85. The second kappa shape index (κ2) is 6.24. The number of carboxylic acids is 1. The van der Waals surface area contributed by atoms with Gasteiger partial charge in [0.15, 0.2) is 0 Å². The van der Waals surface area contributed by atoms with Gasteiger partial charge in [0, 0.05) is 16.5 Å². The normalized spacial score (nSPS) is 10.6. The van der Waals surface area contributed by atoms with Crippen molar-refractivity contribution in [2.45, 2.75) is 27.7 Å². The third-order valence-electron chi connectivity index (χ3n) is 2.95. The van der Waals surface area contributed by atoms with Gasteiger partial charge in [0.1, 0.15) is 16.0 Å². The molecule has 1 heterocycles. The highest BCUT2D eigenvalue weighted by Crippen LogP contribution is 2.29. The van der Waals surface area contributed by atoms with Gasteiger partial charge < -0.3 is 5.11 Å². The van der Waals surface area contributed by atoms with Gasteiger partial charge in [0.25, 0.3) is 0 Å². The summed E-state index contributed by atoms with van der Waals surface area (Å²) < 4.78 is 0. The van der Waals surface area contributed by atoms with Crippen molar-refractivity contribution in [3.63, 3.8) is 0 Å². The molecular formula is C18H16N2O2S. The molecule has 0 bridgehead atoms. The molecule has 0 unspecified atom stereocenters. The summed E-state index contributed by atoms with van der Waals surface area (Å²) in [6.07, 6.45) is 0. The van der Waals surface area contributed by atoms with Crippen molar-refractivity contribution in [3.05, 3.63) is 39.9 Å². The van der Waals surface area contributed by atoms with Gasteiger partial charge in [-0.05, 0) is 39.8 Å². The number of aromatic carboxylic acids is 1. The average molecular weight is 324 g/mol. The zero-order chi connectivity index (χ0) is 17.2. The van der Waals surface area contributed by atoms with Gasteiger partial charge in [-0.25, -0.2) is 9.78 Å². The van der Waals surface area contributed by atoms with Crippen molar-refractivity contribution in [1.82, 2.24) is 4.98 Å². The fourth-order valence-corrected chi connectivity index (χ4v) is 2.75. The Kier molecular flexibility index (Phi) is 4.54. The van der Waals surface area contributed by atoms with Crippen molar-refractivity contribution >= 4 is 17.3 Å². The van der Waals surface area contributed by atoms with E-state index in [-0.39, 0.29) is 10.3 Å². The van der Waals surface area contributed by atoms with Crippen LogP contribution in [0, 0.1) is 35.5 Å². The number of aromatic nitrogens is 1. The fraction of sp³-hybridized carbons (Fsp3) is 0.278. The van der Waals surface area contributed by atoms with Crippen LogP contribution in [0.5, 0.6) is 0 Å². The van der Waals surface area contributed by atoms with Crippen molar-refractivity contribution < 1.29 is 9.90 Å². The lowest BCUT2D eigenvalue weighted by Crippen LogP contribution is -1.99. The first-order valence-electron chi connectivity index (χ1n) is 6.99. The van der Waals surface area contributed by atoms with Crippen LogP contribution in [0.25, 0.3) is 10.6 Å². The zero-order valence-electron chi connectivity index (χ0n) is 13.4. The summed E-state index contributed by atoms with van der Waals surface area (Å²) in [5.74, 6) is 5.16. The monoisotopic (exact) mass is 324 g/mol. The van der Waals surface area contributed by atoms with Crippen LogP contribution >= 0.6 is 11.3 Å². The number of hydrogen-bond acceptors (Lipinski definition) is 4. The molecule has 0 aliphatic heterocycles. The van der Waals surface area contributed by atoms with Gasteiger partial charge in [-0.15, -0.1) is 11.3 Å². The molecule has 0 aliphatic rings. The second-order valence-electron chi connectivity index (χ2n) is 6.11. The predicted octanol–water partition coefficient (Wildman–Crippen LogP) is 4.09. The van der Waals surface area contributed by atoms with E-state index in [1.165, 1.54) is 0 Å². The van der Waals surface area contributed by atoms with Crippen molar-refractivity contribution in [2.75, 3.05) is 0 Å². The molecule has 0 saturated heterocycles. The molecule has 0 radical (unpaired) electrons. The summed E-state index contributed by atoms with van der Waals surface area (Å²) in [4.78, 5) is 15.6. The zero-order valence-corrected chi connectivity index (χ0v) is 14.2. The van der Waals surface area contributed by atoms with E-state index in [0.717, 1.165) is 16.9 Å². The van der Waals surface area contributed by atoms with Crippen LogP contribution < -0.4 is 0 Å². The minimum absolute atomic E-state index is 0.145. The van der Waals surface area contributed by atoms with Crippen LogP contribution in [0.15, 0.2) is 18.2 Å². The lowest BCUT2D eigenvalue weighted by atomic mass is 9.96. The first-order valence-corrected chi connectivity index (χ1v) is 7.81. The van der Waals surface area contributed by atoms with Crippen LogP contribution in [0.3, 0.4) is 0 Å². The Morgan fingerprint density at radius 1 is 1.30 bits per heavy atom. The molecule has 4 nitrogen and oxygen atoms in total. The summed E-state index contributed by atoms with van der Waals surface area (Å²) in [6.45, 7) is 7.68. The average Bonchev–Trinajstić information content (AvgIpc) is 2.86. The Morgan fingerprint density at radius 3 is 2.52 bits per heavy atom. The number of nitrogens with zero attached hydrogens (tertiary/aromatic N) is 2.